The summed E-state index contributed by atoms with van der Waals surface area (Å²) in [6.07, 6.45) is 0. The van der Waals surface area contributed by atoms with Crippen LogP contribution in [0.1, 0.15) is 4.88 Å². The molecule has 3 rings (SSSR count). The van der Waals surface area contributed by atoms with Gasteiger partial charge in [-0.15, -0.1) is 16.4 Å². The lowest BCUT2D eigenvalue weighted by Crippen LogP contribution is -2.24. The van der Waals surface area contributed by atoms with Gasteiger partial charge in [-0.05, 0) is 46.1 Å². The van der Waals surface area contributed by atoms with Crippen LogP contribution in [0.15, 0.2) is 46.9 Å². The molecule has 2 heterocycles. The third-order valence-electron chi connectivity index (χ3n) is 2.88. The molecule has 9 heteroatoms. The summed E-state index contributed by atoms with van der Waals surface area (Å²) in [6, 6.07) is 11.1. The maximum Gasteiger partial charge on any atom is 0.230 e. The molecule has 0 spiro atoms. The summed E-state index contributed by atoms with van der Waals surface area (Å²) in [7, 11) is 0. The van der Waals surface area contributed by atoms with Crippen LogP contribution in [0.5, 0.6) is 0 Å². The smallest absolute Gasteiger partial charge is 0.230 e. The Bertz CT molecular complexity index is 773. The molecule has 118 valence electrons. The number of carbonyl (C=O) groups excluding carboxylic acids is 1. The standard InChI is InChI=1S/C14H12ClN5OS2/c15-10-3-5-11(6-4-10)20-14(17-18-19-20)23-9-13(21)16-8-12-2-1-7-22-12/h1-7H,8-9H2,(H,16,21). The van der Waals surface area contributed by atoms with Crippen molar-refractivity contribution in [2.24, 2.45) is 0 Å². The summed E-state index contributed by atoms with van der Waals surface area (Å²) in [5.41, 5.74) is 0.792. The van der Waals surface area contributed by atoms with E-state index in [0.717, 1.165) is 10.6 Å². The molecule has 0 fully saturated rings. The first-order valence-corrected chi connectivity index (χ1v) is 8.93. The molecule has 3 aromatic rings. The van der Waals surface area contributed by atoms with Crippen LogP contribution in [0.3, 0.4) is 0 Å². The molecule has 0 bridgehead atoms. The van der Waals surface area contributed by atoms with Crippen molar-refractivity contribution in [1.82, 2.24) is 25.5 Å². The van der Waals surface area contributed by atoms with Crippen molar-refractivity contribution in [3.63, 3.8) is 0 Å². The molecule has 0 saturated heterocycles. The molecular weight excluding hydrogens is 354 g/mol. The van der Waals surface area contributed by atoms with Gasteiger partial charge < -0.3 is 5.32 Å². The molecule has 0 saturated carbocycles. The quantitative estimate of drug-likeness (QED) is 0.680. The Morgan fingerprint density at radius 3 is 2.87 bits per heavy atom. The lowest BCUT2D eigenvalue weighted by atomic mass is 10.3. The number of nitrogens with one attached hydrogen (secondary N) is 1. The number of carbonyl (C=O) groups is 1. The summed E-state index contributed by atoms with van der Waals surface area (Å²) < 4.78 is 1.58. The van der Waals surface area contributed by atoms with E-state index < -0.39 is 0 Å². The Labute approximate surface area is 145 Å². The normalized spacial score (nSPS) is 10.7. The average Bonchev–Trinajstić information content (AvgIpc) is 3.23. The Hall–Kier alpha value is -1.90. The molecule has 0 aliphatic heterocycles. The van der Waals surface area contributed by atoms with E-state index in [-0.39, 0.29) is 11.7 Å². The second-order valence-corrected chi connectivity index (χ2v) is 6.91. The third-order valence-corrected chi connectivity index (χ3v) is 4.93. The zero-order chi connectivity index (χ0) is 16.1. The number of amides is 1. The molecule has 0 radical (unpaired) electrons. The first-order valence-electron chi connectivity index (χ1n) is 6.68. The van der Waals surface area contributed by atoms with Crippen LogP contribution >= 0.6 is 34.7 Å². The number of thiophene rings is 1. The zero-order valence-corrected chi connectivity index (χ0v) is 14.2. The molecule has 0 unspecified atom stereocenters. The molecular formula is C14H12ClN5OS2. The number of thioether (sulfide) groups is 1. The maximum absolute atomic E-state index is 11.9. The summed E-state index contributed by atoms with van der Waals surface area (Å²) in [5, 5.41) is 17.6. The topological polar surface area (TPSA) is 72.7 Å². The fourth-order valence-electron chi connectivity index (χ4n) is 1.79. The van der Waals surface area contributed by atoms with Gasteiger partial charge in [-0.25, -0.2) is 0 Å². The van der Waals surface area contributed by atoms with E-state index in [0.29, 0.717) is 16.7 Å². The predicted molar refractivity (Wildman–Crippen MR) is 91.1 cm³/mol. The molecule has 6 nitrogen and oxygen atoms in total. The van der Waals surface area contributed by atoms with Crippen molar-refractivity contribution in [1.29, 1.82) is 0 Å². The predicted octanol–water partition coefficient (Wildman–Crippen LogP) is 2.79. The number of aromatic nitrogens is 4. The molecule has 1 amide bonds. The molecule has 1 aromatic carbocycles. The maximum atomic E-state index is 11.9. The van der Waals surface area contributed by atoms with Crippen molar-refractivity contribution in [3.05, 3.63) is 51.7 Å². The SMILES string of the molecule is O=C(CSc1nnnn1-c1ccc(Cl)cc1)NCc1cccs1. The average molecular weight is 366 g/mol. The number of rotatable bonds is 6. The molecule has 0 aliphatic rings. The van der Waals surface area contributed by atoms with E-state index in [4.69, 9.17) is 11.6 Å². The largest absolute Gasteiger partial charge is 0.350 e. The van der Waals surface area contributed by atoms with Gasteiger partial charge in [0.15, 0.2) is 0 Å². The van der Waals surface area contributed by atoms with Crippen LogP contribution in [0.4, 0.5) is 0 Å². The molecule has 0 aliphatic carbocycles. The third kappa shape index (κ3) is 4.31. The zero-order valence-electron chi connectivity index (χ0n) is 11.8. The van der Waals surface area contributed by atoms with Gasteiger partial charge in [0.1, 0.15) is 0 Å². The van der Waals surface area contributed by atoms with Crippen molar-refractivity contribution >= 4 is 40.6 Å². The number of nitrogens with zero attached hydrogens (tertiary/aromatic N) is 4. The fraction of sp³-hybridized carbons (Fsp3) is 0.143. The summed E-state index contributed by atoms with van der Waals surface area (Å²) >= 11 is 8.77. The summed E-state index contributed by atoms with van der Waals surface area (Å²) in [6.45, 7) is 0.541. The first kappa shape index (κ1) is 16.0. The van der Waals surface area contributed by atoms with Crippen LogP contribution in [0.2, 0.25) is 5.02 Å². The lowest BCUT2D eigenvalue weighted by molar-refractivity contribution is -0.118. The van der Waals surface area contributed by atoms with Crippen LogP contribution in [0.25, 0.3) is 5.69 Å². The van der Waals surface area contributed by atoms with E-state index in [1.165, 1.54) is 11.8 Å². The lowest BCUT2D eigenvalue weighted by Gasteiger charge is -2.05. The minimum atomic E-state index is -0.0611. The van der Waals surface area contributed by atoms with Crippen molar-refractivity contribution in [2.45, 2.75) is 11.7 Å². The monoisotopic (exact) mass is 365 g/mol. The van der Waals surface area contributed by atoms with Crippen LogP contribution in [-0.2, 0) is 11.3 Å². The van der Waals surface area contributed by atoms with Crippen molar-refractivity contribution in [2.75, 3.05) is 5.75 Å². The van der Waals surface area contributed by atoms with E-state index in [1.807, 2.05) is 29.6 Å². The van der Waals surface area contributed by atoms with Gasteiger partial charge in [0.05, 0.1) is 18.0 Å². The Morgan fingerprint density at radius 1 is 1.30 bits per heavy atom. The second-order valence-electron chi connectivity index (χ2n) is 4.49. The first-order chi connectivity index (χ1) is 11.2. The highest BCUT2D eigenvalue weighted by Crippen LogP contribution is 2.19. The van der Waals surface area contributed by atoms with Crippen LogP contribution in [-0.4, -0.2) is 31.9 Å². The van der Waals surface area contributed by atoms with Crippen LogP contribution in [0, 0.1) is 0 Å². The highest BCUT2D eigenvalue weighted by atomic mass is 35.5. The van der Waals surface area contributed by atoms with E-state index in [9.17, 15) is 4.79 Å². The minimum absolute atomic E-state index is 0.0611. The van der Waals surface area contributed by atoms with Crippen LogP contribution < -0.4 is 5.32 Å². The number of hydrogen-bond donors (Lipinski definition) is 1. The fourth-order valence-corrected chi connectivity index (χ4v) is 3.28. The molecule has 23 heavy (non-hydrogen) atoms. The van der Waals surface area contributed by atoms with E-state index in [1.54, 1.807) is 28.2 Å². The van der Waals surface area contributed by atoms with Gasteiger partial charge in [-0.3, -0.25) is 4.79 Å². The van der Waals surface area contributed by atoms with Gasteiger partial charge in [-0.1, -0.05) is 29.4 Å². The van der Waals surface area contributed by atoms with Crippen molar-refractivity contribution in [3.8, 4) is 5.69 Å². The van der Waals surface area contributed by atoms with E-state index >= 15 is 0 Å². The van der Waals surface area contributed by atoms with Gasteiger partial charge >= 0.3 is 0 Å². The van der Waals surface area contributed by atoms with E-state index in [2.05, 4.69) is 20.8 Å². The second kappa shape index (κ2) is 7.58. The van der Waals surface area contributed by atoms with Gasteiger partial charge in [0.25, 0.3) is 0 Å². The number of hydrogen-bond acceptors (Lipinski definition) is 6. The van der Waals surface area contributed by atoms with Gasteiger partial charge in [-0.2, -0.15) is 4.68 Å². The van der Waals surface area contributed by atoms with Gasteiger partial charge in [0, 0.05) is 9.90 Å². The number of halogens is 1. The number of tetrazole rings is 1. The Kier molecular flexibility index (Phi) is 5.27. The highest BCUT2D eigenvalue weighted by Gasteiger charge is 2.11. The summed E-state index contributed by atoms with van der Waals surface area (Å²) in [5.74, 6) is 0.188. The minimum Gasteiger partial charge on any atom is -0.350 e. The Morgan fingerprint density at radius 2 is 2.13 bits per heavy atom. The summed E-state index contributed by atoms with van der Waals surface area (Å²) in [4.78, 5) is 13.0. The highest BCUT2D eigenvalue weighted by molar-refractivity contribution is 7.99. The van der Waals surface area contributed by atoms with Gasteiger partial charge in [0.2, 0.25) is 11.1 Å². The molecule has 2 aromatic heterocycles. The molecule has 1 N–H and O–H groups in total. The van der Waals surface area contributed by atoms with Crippen molar-refractivity contribution < 1.29 is 4.79 Å². The molecule has 0 atom stereocenters. The number of benzene rings is 1. The Balaban J connectivity index is 1.57.